The van der Waals surface area contributed by atoms with Crippen LogP contribution in [0.5, 0.6) is 0 Å². The number of benzene rings is 3. The van der Waals surface area contributed by atoms with E-state index in [0.29, 0.717) is 0 Å². The lowest BCUT2D eigenvalue weighted by Crippen LogP contribution is -2.48. The van der Waals surface area contributed by atoms with Gasteiger partial charge < -0.3 is 4.79 Å². The van der Waals surface area contributed by atoms with E-state index in [0.717, 1.165) is 25.5 Å². The Balaban J connectivity index is 1.66. The highest BCUT2D eigenvalue weighted by Crippen LogP contribution is 2.29. The summed E-state index contributed by atoms with van der Waals surface area (Å²) in [4.78, 5) is 16.7. The van der Waals surface area contributed by atoms with Crippen LogP contribution in [0.4, 0.5) is 0 Å². The monoisotopic (exact) mass is 403 g/mol. The summed E-state index contributed by atoms with van der Waals surface area (Å²) in [5, 5.41) is 0. The number of hydrogen-bond donors (Lipinski definition) is 0. The minimum Gasteiger partial charge on any atom is -0.301 e. The Morgan fingerprint density at radius 2 is 1.41 bits per heavy atom. The van der Waals surface area contributed by atoms with Crippen molar-refractivity contribution >= 4 is 18.0 Å². The summed E-state index contributed by atoms with van der Waals surface area (Å²) in [5.74, 6) is 0. The fourth-order valence-electron chi connectivity index (χ4n) is 3.45. The van der Waals surface area contributed by atoms with Gasteiger partial charge in [-0.3, -0.25) is 4.90 Å². The van der Waals surface area contributed by atoms with Crippen LogP contribution in [-0.2, 0) is 17.6 Å². The Bertz CT molecular complexity index is 904. The molecule has 1 atom stereocenters. The average molecular weight is 404 g/mol. The first-order chi connectivity index (χ1) is 14.0. The normalized spacial score (nSPS) is 13.2. The molecule has 0 saturated carbocycles. The second kappa shape index (κ2) is 9.91. The number of hydrogen-bond acceptors (Lipinski definition) is 3. The molecule has 150 valence electrons. The summed E-state index contributed by atoms with van der Waals surface area (Å²) in [6.45, 7) is 2.11. The maximum absolute atomic E-state index is 12.1. The highest BCUT2D eigenvalue weighted by atomic mass is 32.2. The van der Waals surface area contributed by atoms with E-state index in [1.807, 2.05) is 32.3 Å². The molecule has 3 heteroatoms. The van der Waals surface area contributed by atoms with Gasteiger partial charge in [-0.25, -0.2) is 0 Å². The van der Waals surface area contributed by atoms with Crippen LogP contribution in [0.3, 0.4) is 0 Å². The van der Waals surface area contributed by atoms with Crippen LogP contribution >= 0.6 is 11.8 Å². The second-order valence-electron chi connectivity index (χ2n) is 7.84. The Hall–Kier alpha value is -2.36. The molecule has 29 heavy (non-hydrogen) atoms. The lowest BCUT2D eigenvalue weighted by Gasteiger charge is -2.35. The summed E-state index contributed by atoms with van der Waals surface area (Å²) < 4.78 is 0. The lowest BCUT2D eigenvalue weighted by atomic mass is 9.85. The number of aryl methyl sites for hydroxylation is 2. The maximum Gasteiger partial charge on any atom is 0.140 e. The molecule has 0 aliphatic carbocycles. The molecular weight excluding hydrogens is 374 g/mol. The Morgan fingerprint density at radius 3 is 1.97 bits per heavy atom. The number of aldehydes is 1. The van der Waals surface area contributed by atoms with Crippen molar-refractivity contribution in [3.8, 4) is 0 Å². The van der Waals surface area contributed by atoms with Gasteiger partial charge >= 0.3 is 0 Å². The minimum absolute atomic E-state index is 0.489. The van der Waals surface area contributed by atoms with Gasteiger partial charge in [0.1, 0.15) is 6.29 Å². The summed E-state index contributed by atoms with van der Waals surface area (Å²) in [6, 6.07) is 27.6. The van der Waals surface area contributed by atoms with Crippen molar-refractivity contribution < 1.29 is 4.79 Å². The Labute approximate surface area is 179 Å². The van der Waals surface area contributed by atoms with E-state index >= 15 is 0 Å². The van der Waals surface area contributed by atoms with Gasteiger partial charge in [0.15, 0.2) is 0 Å². The molecular formula is C26H29NOS. The van der Waals surface area contributed by atoms with Crippen molar-refractivity contribution in [3.05, 3.63) is 95.6 Å². The van der Waals surface area contributed by atoms with Gasteiger partial charge in [-0.05, 0) is 75.7 Å². The molecule has 0 spiro atoms. The number of carbonyl (C=O) groups is 1. The largest absolute Gasteiger partial charge is 0.301 e. The van der Waals surface area contributed by atoms with Crippen LogP contribution in [0.25, 0.3) is 0 Å². The van der Waals surface area contributed by atoms with E-state index in [4.69, 9.17) is 0 Å². The molecule has 0 fully saturated rings. The molecule has 0 aliphatic rings. The summed E-state index contributed by atoms with van der Waals surface area (Å²) >= 11 is 1.78. The first kappa shape index (κ1) is 21.4. The molecule has 0 amide bonds. The zero-order valence-corrected chi connectivity index (χ0v) is 18.3. The SMILES string of the molecule is Cc1ccc(Sc2ccc(CCC(C=O)(Cc3ccccc3)N(C)C)cc2)cc1. The van der Waals surface area contributed by atoms with Crippen LogP contribution in [0.2, 0.25) is 0 Å². The van der Waals surface area contributed by atoms with Crippen molar-refractivity contribution in [1.82, 2.24) is 4.90 Å². The molecule has 3 aromatic carbocycles. The molecule has 3 rings (SSSR count). The van der Waals surface area contributed by atoms with Gasteiger partial charge in [-0.15, -0.1) is 0 Å². The van der Waals surface area contributed by atoms with Gasteiger partial charge in [-0.2, -0.15) is 0 Å². The van der Waals surface area contributed by atoms with Crippen LogP contribution in [0.1, 0.15) is 23.1 Å². The number of rotatable bonds is 9. The van der Waals surface area contributed by atoms with Crippen molar-refractivity contribution in [2.75, 3.05) is 14.1 Å². The predicted molar refractivity (Wildman–Crippen MR) is 123 cm³/mol. The maximum atomic E-state index is 12.1. The first-order valence-corrected chi connectivity index (χ1v) is 10.8. The zero-order valence-electron chi connectivity index (χ0n) is 17.5. The van der Waals surface area contributed by atoms with E-state index in [9.17, 15) is 4.79 Å². The topological polar surface area (TPSA) is 20.3 Å². The van der Waals surface area contributed by atoms with Crippen molar-refractivity contribution in [1.29, 1.82) is 0 Å². The third kappa shape index (κ3) is 5.81. The molecule has 0 radical (unpaired) electrons. The van der Waals surface area contributed by atoms with Gasteiger partial charge in [-0.1, -0.05) is 71.9 Å². The smallest absolute Gasteiger partial charge is 0.140 e. The Morgan fingerprint density at radius 1 is 0.828 bits per heavy atom. The van der Waals surface area contributed by atoms with Crippen LogP contribution in [-0.4, -0.2) is 30.8 Å². The minimum atomic E-state index is -0.489. The zero-order chi connectivity index (χ0) is 20.7. The van der Waals surface area contributed by atoms with E-state index in [2.05, 4.69) is 72.5 Å². The second-order valence-corrected chi connectivity index (χ2v) is 8.98. The van der Waals surface area contributed by atoms with Crippen molar-refractivity contribution in [2.24, 2.45) is 0 Å². The first-order valence-electron chi connectivity index (χ1n) is 10.0. The fourth-order valence-corrected chi connectivity index (χ4v) is 4.27. The standard InChI is InChI=1S/C26H29NOS/c1-21-9-13-24(14-10-21)29-25-15-11-22(12-16-25)17-18-26(20-28,27(2)3)19-23-7-5-4-6-8-23/h4-16,20H,17-19H2,1-3H3. The molecule has 0 aliphatic heterocycles. The quantitative estimate of drug-likeness (QED) is 0.420. The molecule has 2 nitrogen and oxygen atoms in total. The Kier molecular flexibility index (Phi) is 7.29. The van der Waals surface area contributed by atoms with Gasteiger partial charge in [0.05, 0.1) is 5.54 Å². The van der Waals surface area contributed by atoms with Crippen LogP contribution in [0, 0.1) is 6.92 Å². The van der Waals surface area contributed by atoms with Crippen LogP contribution in [0.15, 0.2) is 88.7 Å². The third-order valence-electron chi connectivity index (χ3n) is 5.49. The molecule has 0 heterocycles. The molecule has 0 saturated heterocycles. The van der Waals surface area contributed by atoms with E-state index in [1.165, 1.54) is 26.5 Å². The van der Waals surface area contributed by atoms with Crippen molar-refractivity contribution in [2.45, 2.75) is 41.5 Å². The molecule has 0 N–H and O–H groups in total. The summed E-state index contributed by atoms with van der Waals surface area (Å²) in [7, 11) is 4.00. The van der Waals surface area contributed by atoms with Gasteiger partial charge in [0.2, 0.25) is 0 Å². The highest BCUT2D eigenvalue weighted by Gasteiger charge is 2.32. The fraction of sp³-hybridized carbons (Fsp3) is 0.269. The van der Waals surface area contributed by atoms with E-state index in [-0.39, 0.29) is 0 Å². The average Bonchev–Trinajstić information content (AvgIpc) is 2.74. The lowest BCUT2D eigenvalue weighted by molar-refractivity contribution is -0.117. The summed E-state index contributed by atoms with van der Waals surface area (Å²) in [5.41, 5.74) is 3.24. The predicted octanol–water partition coefficient (Wildman–Crippen LogP) is 5.82. The number of carbonyl (C=O) groups excluding carboxylic acids is 1. The van der Waals surface area contributed by atoms with Gasteiger partial charge in [0, 0.05) is 9.79 Å². The molecule has 3 aromatic rings. The number of nitrogens with zero attached hydrogens (tertiary/aromatic N) is 1. The van der Waals surface area contributed by atoms with Gasteiger partial charge in [0.25, 0.3) is 0 Å². The van der Waals surface area contributed by atoms with Crippen molar-refractivity contribution in [3.63, 3.8) is 0 Å². The molecule has 0 aromatic heterocycles. The molecule has 1 unspecified atom stereocenters. The van der Waals surface area contributed by atoms with Crippen LogP contribution < -0.4 is 0 Å². The third-order valence-corrected chi connectivity index (χ3v) is 6.51. The highest BCUT2D eigenvalue weighted by molar-refractivity contribution is 7.99. The van der Waals surface area contributed by atoms with E-state index < -0.39 is 5.54 Å². The molecule has 0 bridgehead atoms. The summed E-state index contributed by atoms with van der Waals surface area (Å²) in [6.07, 6.45) is 3.52. The number of likely N-dealkylation sites (N-methyl/N-ethyl adjacent to an activating group) is 1. The van der Waals surface area contributed by atoms with E-state index in [1.54, 1.807) is 11.8 Å².